The van der Waals surface area contributed by atoms with Gasteiger partial charge in [-0.15, -0.1) is 0 Å². The lowest BCUT2D eigenvalue weighted by atomic mass is 10.1. The first-order valence-electron chi connectivity index (χ1n) is 6.65. The number of ether oxygens (including phenoxy) is 1. The van der Waals surface area contributed by atoms with Gasteiger partial charge in [-0.05, 0) is 27.7 Å². The van der Waals surface area contributed by atoms with Crippen LogP contribution >= 0.6 is 0 Å². The van der Waals surface area contributed by atoms with Crippen LogP contribution in [0.1, 0.15) is 39.3 Å². The van der Waals surface area contributed by atoms with Crippen molar-refractivity contribution in [2.45, 2.75) is 51.6 Å². The highest BCUT2D eigenvalue weighted by Gasteiger charge is 2.35. The monoisotopic (exact) mass is 337 g/mol. The van der Waals surface area contributed by atoms with Crippen LogP contribution in [0.5, 0.6) is 0 Å². The second kappa shape index (κ2) is 6.47. The molecule has 1 aromatic heterocycles. The van der Waals surface area contributed by atoms with Crippen LogP contribution in [0.2, 0.25) is 0 Å². The Bertz CT molecular complexity index is 578. The molecule has 0 aliphatic carbocycles. The third kappa shape index (κ3) is 5.46. The quantitative estimate of drug-likeness (QED) is 0.880. The molecule has 0 radical (unpaired) electrons. The number of alkyl halides is 3. The summed E-state index contributed by atoms with van der Waals surface area (Å²) in [5, 5.41) is 14.8. The number of rotatable bonds is 4. The fourth-order valence-electron chi connectivity index (χ4n) is 1.68. The molecule has 0 fully saturated rings. The van der Waals surface area contributed by atoms with Gasteiger partial charge in [-0.3, -0.25) is 4.68 Å². The number of carbonyl (C=O) groups is 2. The third-order valence-corrected chi connectivity index (χ3v) is 2.77. The first-order chi connectivity index (χ1) is 10.3. The summed E-state index contributed by atoms with van der Waals surface area (Å²) in [6.45, 7) is 6.10. The van der Waals surface area contributed by atoms with Gasteiger partial charge in [0.2, 0.25) is 0 Å². The minimum Gasteiger partial charge on any atom is -0.480 e. The van der Waals surface area contributed by atoms with Crippen molar-refractivity contribution in [1.29, 1.82) is 0 Å². The van der Waals surface area contributed by atoms with Gasteiger partial charge in [-0.1, -0.05) is 0 Å². The van der Waals surface area contributed by atoms with Crippen LogP contribution in [0.25, 0.3) is 0 Å². The summed E-state index contributed by atoms with van der Waals surface area (Å²) in [6, 6.07) is -2.57. The van der Waals surface area contributed by atoms with Crippen LogP contribution in [-0.2, 0) is 15.7 Å². The molecule has 1 amide bonds. The molecular weight excluding hydrogens is 319 g/mol. The summed E-state index contributed by atoms with van der Waals surface area (Å²) in [4.78, 5) is 23.0. The highest BCUT2D eigenvalue weighted by atomic mass is 19.4. The number of nitrogens with one attached hydrogen (secondary N) is 1. The molecular formula is C13H18F3N3O4. The molecule has 0 aliphatic heterocycles. The summed E-state index contributed by atoms with van der Waals surface area (Å²) < 4.78 is 43.5. The van der Waals surface area contributed by atoms with Crippen molar-refractivity contribution in [3.8, 4) is 0 Å². The van der Waals surface area contributed by atoms with E-state index < -0.39 is 41.5 Å². The Morgan fingerprint density at radius 2 is 1.91 bits per heavy atom. The van der Waals surface area contributed by atoms with Crippen LogP contribution in [0.4, 0.5) is 18.0 Å². The van der Waals surface area contributed by atoms with E-state index in [2.05, 4.69) is 10.4 Å². The van der Waals surface area contributed by atoms with Gasteiger partial charge in [0.05, 0.1) is 17.8 Å². The van der Waals surface area contributed by atoms with E-state index in [4.69, 9.17) is 4.74 Å². The minimum atomic E-state index is -4.59. The fourth-order valence-corrected chi connectivity index (χ4v) is 1.68. The number of amides is 1. The average molecular weight is 337 g/mol. The molecule has 10 heteroatoms. The standard InChI is InChI=1S/C13H18F3N3O4/c1-7(19-6-8(5-17-19)13(14,15)16)9(10(20)21)18-11(22)23-12(2,3)4/h5-7,9H,1-4H3,(H,18,22)(H,20,21). The molecule has 23 heavy (non-hydrogen) atoms. The van der Waals surface area contributed by atoms with E-state index in [1.165, 1.54) is 6.92 Å². The van der Waals surface area contributed by atoms with Crippen molar-refractivity contribution < 1.29 is 32.6 Å². The van der Waals surface area contributed by atoms with Crippen molar-refractivity contribution >= 4 is 12.1 Å². The predicted molar refractivity (Wildman–Crippen MR) is 72.7 cm³/mol. The second-order valence-electron chi connectivity index (χ2n) is 5.91. The van der Waals surface area contributed by atoms with Gasteiger partial charge < -0.3 is 15.2 Å². The summed E-state index contributed by atoms with van der Waals surface area (Å²) in [6.07, 6.45) is -4.31. The number of carboxylic acids is 1. The van der Waals surface area contributed by atoms with Gasteiger partial charge in [-0.25, -0.2) is 9.59 Å². The Kier molecular flexibility index (Phi) is 5.28. The summed E-state index contributed by atoms with van der Waals surface area (Å²) >= 11 is 0. The SMILES string of the molecule is CC(C(NC(=O)OC(C)(C)C)C(=O)O)n1cc(C(F)(F)F)cn1. The Morgan fingerprint density at radius 1 is 1.35 bits per heavy atom. The summed E-state index contributed by atoms with van der Waals surface area (Å²) in [7, 11) is 0. The largest absolute Gasteiger partial charge is 0.480 e. The van der Waals surface area contributed by atoms with Gasteiger partial charge in [0.1, 0.15) is 5.60 Å². The predicted octanol–water partition coefficient (Wildman–Crippen LogP) is 2.44. The number of carboxylic acid groups (broad SMARTS) is 1. The zero-order valence-electron chi connectivity index (χ0n) is 13.0. The lowest BCUT2D eigenvalue weighted by molar-refractivity contribution is -0.140. The minimum absolute atomic E-state index is 0.586. The lowest BCUT2D eigenvalue weighted by Gasteiger charge is -2.25. The molecule has 1 rings (SSSR count). The zero-order chi connectivity index (χ0) is 18.0. The van der Waals surface area contributed by atoms with Crippen molar-refractivity contribution in [2.75, 3.05) is 0 Å². The van der Waals surface area contributed by atoms with Gasteiger partial charge in [0.25, 0.3) is 0 Å². The van der Waals surface area contributed by atoms with E-state index in [-0.39, 0.29) is 0 Å². The highest BCUT2D eigenvalue weighted by Crippen LogP contribution is 2.29. The molecule has 2 unspecified atom stereocenters. The van der Waals surface area contributed by atoms with E-state index in [9.17, 15) is 27.9 Å². The normalized spacial score (nSPS) is 14.9. The van der Waals surface area contributed by atoms with Gasteiger partial charge in [0, 0.05) is 6.20 Å². The molecule has 7 nitrogen and oxygen atoms in total. The molecule has 0 aromatic carbocycles. The zero-order valence-corrected chi connectivity index (χ0v) is 13.0. The number of aliphatic carboxylic acids is 1. The lowest BCUT2D eigenvalue weighted by Crippen LogP contribution is -2.47. The van der Waals surface area contributed by atoms with E-state index in [1.54, 1.807) is 20.8 Å². The Labute approximate surface area is 130 Å². The number of hydrogen-bond acceptors (Lipinski definition) is 4. The van der Waals surface area contributed by atoms with Gasteiger partial charge in [-0.2, -0.15) is 18.3 Å². The Hall–Kier alpha value is -2.26. The van der Waals surface area contributed by atoms with E-state index >= 15 is 0 Å². The topological polar surface area (TPSA) is 93.5 Å². The molecule has 2 atom stereocenters. The van der Waals surface area contributed by atoms with E-state index in [0.29, 0.717) is 12.4 Å². The fraction of sp³-hybridized carbons (Fsp3) is 0.615. The average Bonchev–Trinajstić information content (AvgIpc) is 2.81. The van der Waals surface area contributed by atoms with Crippen LogP contribution in [-0.4, -0.2) is 38.6 Å². The molecule has 0 bridgehead atoms. The molecule has 2 N–H and O–H groups in total. The smallest absolute Gasteiger partial charge is 0.419 e. The van der Waals surface area contributed by atoms with Crippen LogP contribution in [0.3, 0.4) is 0 Å². The maximum atomic E-state index is 12.6. The number of carbonyl (C=O) groups excluding carboxylic acids is 1. The number of nitrogens with zero attached hydrogens (tertiary/aromatic N) is 2. The summed E-state index contributed by atoms with van der Waals surface area (Å²) in [5.41, 5.74) is -1.85. The van der Waals surface area contributed by atoms with Crippen LogP contribution in [0.15, 0.2) is 12.4 Å². The van der Waals surface area contributed by atoms with Crippen molar-refractivity contribution in [3.05, 3.63) is 18.0 Å². The Balaban J connectivity index is 2.91. The molecule has 1 aromatic rings. The van der Waals surface area contributed by atoms with Crippen LogP contribution in [0, 0.1) is 0 Å². The molecule has 0 saturated heterocycles. The number of aromatic nitrogens is 2. The number of halogens is 3. The third-order valence-electron chi connectivity index (χ3n) is 2.77. The van der Waals surface area contributed by atoms with Crippen LogP contribution < -0.4 is 5.32 Å². The molecule has 0 saturated carbocycles. The number of hydrogen-bond donors (Lipinski definition) is 2. The van der Waals surface area contributed by atoms with Gasteiger partial charge >= 0.3 is 18.2 Å². The number of alkyl carbamates (subject to hydrolysis) is 1. The van der Waals surface area contributed by atoms with Crippen molar-refractivity contribution in [3.63, 3.8) is 0 Å². The maximum Gasteiger partial charge on any atom is 0.419 e. The van der Waals surface area contributed by atoms with Crippen molar-refractivity contribution in [1.82, 2.24) is 15.1 Å². The van der Waals surface area contributed by atoms with Crippen molar-refractivity contribution in [2.24, 2.45) is 0 Å². The molecule has 0 aliphatic rings. The maximum absolute atomic E-state index is 12.6. The highest BCUT2D eigenvalue weighted by molar-refractivity contribution is 5.80. The second-order valence-corrected chi connectivity index (χ2v) is 5.91. The molecule has 1 heterocycles. The molecule has 130 valence electrons. The van der Waals surface area contributed by atoms with E-state index in [1.807, 2.05) is 0 Å². The Morgan fingerprint density at radius 3 is 2.30 bits per heavy atom. The molecule has 0 spiro atoms. The first kappa shape index (κ1) is 18.8. The van der Waals surface area contributed by atoms with Gasteiger partial charge in [0.15, 0.2) is 6.04 Å². The summed E-state index contributed by atoms with van der Waals surface area (Å²) in [5.74, 6) is -1.42. The first-order valence-corrected chi connectivity index (χ1v) is 6.65. The van der Waals surface area contributed by atoms with E-state index in [0.717, 1.165) is 4.68 Å².